The number of amides is 1. The number of benzene rings is 2. The van der Waals surface area contributed by atoms with Crippen LogP contribution in [0, 0.1) is 0 Å². The van der Waals surface area contributed by atoms with Gasteiger partial charge in [0.15, 0.2) is 0 Å². The highest BCUT2D eigenvalue weighted by atomic mass is 16.5. The molecule has 0 unspecified atom stereocenters. The molecule has 0 aromatic heterocycles. The fourth-order valence-electron chi connectivity index (χ4n) is 2.45. The fraction of sp³-hybridized carbons (Fsp3) is 0.350. The van der Waals surface area contributed by atoms with Crippen LogP contribution in [0.5, 0.6) is 5.75 Å². The summed E-state index contributed by atoms with van der Waals surface area (Å²) >= 11 is 0. The van der Waals surface area contributed by atoms with E-state index in [1.807, 2.05) is 43.3 Å². The molecule has 0 aliphatic rings. The number of phenolic OH excluding ortho intramolecular Hbond substituents is 1. The zero-order chi connectivity index (χ0) is 18.1. The van der Waals surface area contributed by atoms with Crippen LogP contribution in [0.15, 0.2) is 48.5 Å². The Morgan fingerprint density at radius 1 is 1.12 bits per heavy atom. The molecule has 2 aromatic carbocycles. The Morgan fingerprint density at radius 2 is 1.88 bits per heavy atom. The molecule has 0 saturated heterocycles. The van der Waals surface area contributed by atoms with E-state index in [4.69, 9.17) is 9.47 Å². The lowest BCUT2D eigenvalue weighted by Crippen LogP contribution is -2.36. The summed E-state index contributed by atoms with van der Waals surface area (Å²) in [5.74, 6) is -0.336. The van der Waals surface area contributed by atoms with Crippen LogP contribution >= 0.6 is 0 Å². The standard InChI is InChI=1S/C20H25NO4/c1-15(14-25-11-10-24-2)21-20(23)18-13-17(8-9-19(18)22)12-16-6-4-3-5-7-16/h3-9,13,15,22H,10-12,14H2,1-2H3,(H,21,23)/t15-/m0/s1. The second-order valence-corrected chi connectivity index (χ2v) is 5.96. The fourth-order valence-corrected chi connectivity index (χ4v) is 2.45. The van der Waals surface area contributed by atoms with E-state index in [1.54, 1.807) is 19.2 Å². The van der Waals surface area contributed by atoms with Crippen LogP contribution in [0.25, 0.3) is 0 Å². The number of aromatic hydroxyl groups is 1. The van der Waals surface area contributed by atoms with Gasteiger partial charge in [0.2, 0.25) is 0 Å². The summed E-state index contributed by atoms with van der Waals surface area (Å²) in [6.07, 6.45) is 0.705. The first-order chi connectivity index (χ1) is 12.1. The van der Waals surface area contributed by atoms with Gasteiger partial charge >= 0.3 is 0 Å². The Hall–Kier alpha value is -2.37. The first-order valence-electron chi connectivity index (χ1n) is 8.33. The number of hydrogen-bond acceptors (Lipinski definition) is 4. The molecule has 0 aliphatic heterocycles. The average Bonchev–Trinajstić information content (AvgIpc) is 2.61. The monoisotopic (exact) mass is 343 g/mol. The van der Waals surface area contributed by atoms with E-state index >= 15 is 0 Å². The van der Waals surface area contributed by atoms with Gasteiger partial charge in [-0.15, -0.1) is 0 Å². The summed E-state index contributed by atoms with van der Waals surface area (Å²) in [5, 5.41) is 12.9. The van der Waals surface area contributed by atoms with Crippen molar-refractivity contribution in [1.82, 2.24) is 5.32 Å². The van der Waals surface area contributed by atoms with Gasteiger partial charge < -0.3 is 19.9 Å². The van der Waals surface area contributed by atoms with Crippen molar-refractivity contribution in [3.63, 3.8) is 0 Å². The van der Waals surface area contributed by atoms with Crippen molar-refractivity contribution >= 4 is 5.91 Å². The molecule has 1 amide bonds. The maximum absolute atomic E-state index is 12.4. The molecule has 0 radical (unpaired) electrons. The number of phenols is 1. The molecule has 2 N–H and O–H groups in total. The third-order valence-corrected chi connectivity index (χ3v) is 3.73. The third kappa shape index (κ3) is 6.21. The molecule has 1 atom stereocenters. The second-order valence-electron chi connectivity index (χ2n) is 5.96. The number of hydrogen-bond donors (Lipinski definition) is 2. The van der Waals surface area contributed by atoms with Crippen LogP contribution in [0.1, 0.15) is 28.4 Å². The van der Waals surface area contributed by atoms with Gasteiger partial charge in [0.1, 0.15) is 5.75 Å². The Labute approximate surface area is 148 Å². The summed E-state index contributed by atoms with van der Waals surface area (Å²) in [5.41, 5.74) is 2.40. The number of methoxy groups -OCH3 is 1. The molecular formula is C20H25NO4. The van der Waals surface area contributed by atoms with Crippen molar-refractivity contribution in [2.24, 2.45) is 0 Å². The quantitative estimate of drug-likeness (QED) is 0.687. The van der Waals surface area contributed by atoms with Gasteiger partial charge in [-0.05, 0) is 36.6 Å². The number of nitrogens with one attached hydrogen (secondary N) is 1. The lowest BCUT2D eigenvalue weighted by atomic mass is 10.0. The van der Waals surface area contributed by atoms with Crippen LogP contribution in [0.2, 0.25) is 0 Å². The van der Waals surface area contributed by atoms with Gasteiger partial charge in [-0.2, -0.15) is 0 Å². The topological polar surface area (TPSA) is 67.8 Å². The zero-order valence-corrected chi connectivity index (χ0v) is 14.7. The van der Waals surface area contributed by atoms with E-state index in [0.717, 1.165) is 11.1 Å². The van der Waals surface area contributed by atoms with Crippen molar-refractivity contribution in [2.75, 3.05) is 26.9 Å². The molecule has 0 bridgehead atoms. The molecule has 0 saturated carbocycles. The Balaban J connectivity index is 1.97. The minimum Gasteiger partial charge on any atom is -0.507 e. The van der Waals surface area contributed by atoms with E-state index in [0.29, 0.717) is 26.2 Å². The lowest BCUT2D eigenvalue weighted by molar-refractivity contribution is 0.0583. The number of rotatable bonds is 9. The average molecular weight is 343 g/mol. The normalized spacial score (nSPS) is 11.9. The van der Waals surface area contributed by atoms with Crippen LogP contribution in [0.4, 0.5) is 0 Å². The third-order valence-electron chi connectivity index (χ3n) is 3.73. The molecule has 5 heteroatoms. The van der Waals surface area contributed by atoms with Gasteiger partial charge in [-0.25, -0.2) is 0 Å². The van der Waals surface area contributed by atoms with Crippen LogP contribution in [0.3, 0.4) is 0 Å². The van der Waals surface area contributed by atoms with E-state index in [2.05, 4.69) is 5.32 Å². The van der Waals surface area contributed by atoms with Gasteiger partial charge in [0.05, 0.1) is 25.4 Å². The summed E-state index contributed by atoms with van der Waals surface area (Å²) in [6.45, 7) is 3.24. The van der Waals surface area contributed by atoms with Gasteiger partial charge in [-0.1, -0.05) is 36.4 Å². The smallest absolute Gasteiger partial charge is 0.255 e. The highest BCUT2D eigenvalue weighted by molar-refractivity contribution is 5.97. The molecule has 5 nitrogen and oxygen atoms in total. The minimum absolute atomic E-state index is 0.0261. The molecule has 0 aliphatic carbocycles. The van der Waals surface area contributed by atoms with Crippen molar-refractivity contribution in [3.05, 3.63) is 65.2 Å². The van der Waals surface area contributed by atoms with Crippen LogP contribution in [-0.2, 0) is 15.9 Å². The molecule has 134 valence electrons. The molecule has 0 spiro atoms. The lowest BCUT2D eigenvalue weighted by Gasteiger charge is -2.15. The van der Waals surface area contributed by atoms with Crippen LogP contribution < -0.4 is 5.32 Å². The predicted molar refractivity (Wildman–Crippen MR) is 97.0 cm³/mol. The maximum Gasteiger partial charge on any atom is 0.255 e. The van der Waals surface area contributed by atoms with Crippen LogP contribution in [-0.4, -0.2) is 44.0 Å². The van der Waals surface area contributed by atoms with Gasteiger partial charge in [-0.3, -0.25) is 4.79 Å². The molecular weight excluding hydrogens is 318 g/mol. The summed E-state index contributed by atoms with van der Waals surface area (Å²) in [6, 6.07) is 15.0. The Kier molecular flexibility index (Phi) is 7.44. The highest BCUT2D eigenvalue weighted by Gasteiger charge is 2.15. The largest absolute Gasteiger partial charge is 0.507 e. The second kappa shape index (κ2) is 9.81. The van der Waals surface area contributed by atoms with Crippen molar-refractivity contribution in [3.8, 4) is 5.75 Å². The zero-order valence-electron chi connectivity index (χ0n) is 14.7. The first-order valence-corrected chi connectivity index (χ1v) is 8.33. The van der Waals surface area contributed by atoms with E-state index < -0.39 is 0 Å². The number of carbonyl (C=O) groups excluding carboxylic acids is 1. The van der Waals surface area contributed by atoms with Gasteiger partial charge in [0.25, 0.3) is 5.91 Å². The number of ether oxygens (including phenoxy) is 2. The molecule has 0 heterocycles. The van der Waals surface area contributed by atoms with E-state index in [9.17, 15) is 9.90 Å². The summed E-state index contributed by atoms with van der Waals surface area (Å²) < 4.78 is 10.3. The molecule has 2 aromatic rings. The molecule has 25 heavy (non-hydrogen) atoms. The maximum atomic E-state index is 12.4. The number of carbonyl (C=O) groups is 1. The van der Waals surface area contributed by atoms with E-state index in [-0.39, 0.29) is 23.3 Å². The SMILES string of the molecule is COCCOC[C@H](C)NC(=O)c1cc(Cc2ccccc2)ccc1O. The van der Waals surface area contributed by atoms with Crippen molar-refractivity contribution in [2.45, 2.75) is 19.4 Å². The minimum atomic E-state index is -0.310. The van der Waals surface area contributed by atoms with E-state index in [1.165, 1.54) is 0 Å². The van der Waals surface area contributed by atoms with Crippen molar-refractivity contribution in [1.29, 1.82) is 0 Å². The van der Waals surface area contributed by atoms with Crippen molar-refractivity contribution < 1.29 is 19.4 Å². The summed E-state index contributed by atoms with van der Waals surface area (Å²) in [4.78, 5) is 12.4. The predicted octanol–water partition coefficient (Wildman–Crippen LogP) is 2.76. The van der Waals surface area contributed by atoms with Gasteiger partial charge in [0, 0.05) is 13.2 Å². The Bertz CT molecular complexity index is 673. The highest BCUT2D eigenvalue weighted by Crippen LogP contribution is 2.20. The molecule has 2 rings (SSSR count). The first kappa shape index (κ1) is 19.0. The Morgan fingerprint density at radius 3 is 2.60 bits per heavy atom. The molecule has 0 fully saturated rings. The summed E-state index contributed by atoms with van der Waals surface area (Å²) in [7, 11) is 1.61.